The highest BCUT2D eigenvalue weighted by molar-refractivity contribution is 5.78. The minimum atomic E-state index is -0.565. The molecule has 0 aliphatic carbocycles. The molecule has 0 bridgehead atoms. The fraction of sp³-hybridized carbons (Fsp3) is 0.850. The van der Waals surface area contributed by atoms with Gasteiger partial charge in [-0.25, -0.2) is 0 Å². The van der Waals surface area contributed by atoms with Crippen molar-refractivity contribution in [3.8, 4) is 0 Å². The van der Waals surface area contributed by atoms with Gasteiger partial charge < -0.3 is 10.1 Å². The van der Waals surface area contributed by atoms with Gasteiger partial charge in [-0.15, -0.1) is 0 Å². The third-order valence-corrected chi connectivity index (χ3v) is 5.22. The van der Waals surface area contributed by atoms with Gasteiger partial charge in [-0.3, -0.25) is 4.79 Å². The molecule has 1 atom stereocenters. The smallest absolute Gasteiger partial charge is 0.318 e. The second kappa shape index (κ2) is 9.46. The Morgan fingerprint density at radius 1 is 1.13 bits per heavy atom. The number of carbonyl (C=O) groups excluding carboxylic acids is 1. The minimum absolute atomic E-state index is 0.135. The van der Waals surface area contributed by atoms with E-state index in [0.29, 0.717) is 12.5 Å². The molecule has 0 aliphatic rings. The van der Waals surface area contributed by atoms with Crippen LogP contribution in [0.25, 0.3) is 0 Å². The first kappa shape index (κ1) is 22.2. The molecule has 23 heavy (non-hydrogen) atoms. The maximum Gasteiger partial charge on any atom is 0.318 e. The van der Waals surface area contributed by atoms with E-state index in [1.807, 2.05) is 14.0 Å². The highest BCUT2D eigenvalue weighted by Crippen LogP contribution is 2.40. The second-order valence-electron chi connectivity index (χ2n) is 8.18. The van der Waals surface area contributed by atoms with E-state index in [4.69, 9.17) is 4.74 Å². The number of nitrogens with one attached hydrogen (secondary N) is 1. The molecule has 0 heterocycles. The average molecular weight is 326 g/mol. The summed E-state index contributed by atoms with van der Waals surface area (Å²) in [6, 6.07) is 0. The zero-order chi connectivity index (χ0) is 18.3. The van der Waals surface area contributed by atoms with Crippen LogP contribution >= 0.6 is 0 Å². The number of allylic oxidation sites excluding steroid dienone is 2. The van der Waals surface area contributed by atoms with Crippen LogP contribution in [0.3, 0.4) is 0 Å². The first-order valence-corrected chi connectivity index (χ1v) is 9.10. The molecule has 3 heteroatoms. The predicted molar refractivity (Wildman–Crippen MR) is 99.2 cm³/mol. The largest absolute Gasteiger partial charge is 0.431 e. The predicted octanol–water partition coefficient (Wildman–Crippen LogP) is 5.17. The second-order valence-corrected chi connectivity index (χ2v) is 8.18. The summed E-state index contributed by atoms with van der Waals surface area (Å²) in [5.74, 6) is 1.55. The van der Waals surface area contributed by atoms with Crippen LogP contribution in [-0.2, 0) is 9.53 Å². The maximum absolute atomic E-state index is 12.9. The van der Waals surface area contributed by atoms with Gasteiger partial charge in [0.1, 0.15) is 5.76 Å². The number of hydrogen-bond acceptors (Lipinski definition) is 3. The van der Waals surface area contributed by atoms with E-state index < -0.39 is 5.41 Å². The van der Waals surface area contributed by atoms with Gasteiger partial charge in [0.05, 0.1) is 5.41 Å². The summed E-state index contributed by atoms with van der Waals surface area (Å²) in [4.78, 5) is 12.9. The van der Waals surface area contributed by atoms with Crippen LogP contribution in [0.1, 0.15) is 74.7 Å². The molecule has 0 aliphatic heterocycles. The molecular weight excluding hydrogens is 286 g/mol. The van der Waals surface area contributed by atoms with Crippen LogP contribution in [0.5, 0.6) is 0 Å². The Labute approximate surface area is 144 Å². The summed E-state index contributed by atoms with van der Waals surface area (Å²) in [6.45, 7) is 17.5. The fourth-order valence-corrected chi connectivity index (χ4v) is 2.52. The van der Waals surface area contributed by atoms with Crippen molar-refractivity contribution in [1.82, 2.24) is 5.32 Å². The SMILES string of the molecule is CCC(CC)C/C=C(\OC(=O)C(C)(CNC)C(C)(C)C)C(C)C. The van der Waals surface area contributed by atoms with E-state index in [1.54, 1.807) is 0 Å². The monoisotopic (exact) mass is 325 g/mol. The zero-order valence-electron chi connectivity index (χ0n) is 16.9. The molecule has 0 saturated carbocycles. The Hall–Kier alpha value is -0.830. The van der Waals surface area contributed by atoms with Gasteiger partial charge in [-0.1, -0.05) is 61.3 Å². The molecular formula is C20H39NO2. The van der Waals surface area contributed by atoms with Crippen molar-refractivity contribution in [2.45, 2.75) is 74.7 Å². The van der Waals surface area contributed by atoms with Crippen molar-refractivity contribution < 1.29 is 9.53 Å². The van der Waals surface area contributed by atoms with Gasteiger partial charge in [0.15, 0.2) is 0 Å². The number of rotatable bonds is 9. The summed E-state index contributed by atoms with van der Waals surface area (Å²) >= 11 is 0. The van der Waals surface area contributed by atoms with Gasteiger partial charge in [-0.05, 0) is 37.8 Å². The van der Waals surface area contributed by atoms with Gasteiger partial charge in [0.25, 0.3) is 0 Å². The first-order chi connectivity index (χ1) is 10.5. The van der Waals surface area contributed by atoms with Crippen LogP contribution in [-0.4, -0.2) is 19.6 Å². The van der Waals surface area contributed by atoms with Gasteiger partial charge in [0.2, 0.25) is 0 Å². The van der Waals surface area contributed by atoms with Crippen LogP contribution < -0.4 is 5.32 Å². The maximum atomic E-state index is 12.9. The molecule has 0 aromatic heterocycles. The zero-order valence-corrected chi connectivity index (χ0v) is 16.9. The minimum Gasteiger partial charge on any atom is -0.431 e. The average Bonchev–Trinajstić information content (AvgIpc) is 2.45. The number of carbonyl (C=O) groups is 1. The third-order valence-electron chi connectivity index (χ3n) is 5.22. The van der Waals surface area contributed by atoms with Crippen molar-refractivity contribution >= 4 is 5.97 Å². The van der Waals surface area contributed by atoms with Crippen molar-refractivity contribution in [3.05, 3.63) is 11.8 Å². The Bertz CT molecular complexity index is 389. The molecule has 3 nitrogen and oxygen atoms in total. The molecule has 0 spiro atoms. The Morgan fingerprint density at radius 3 is 2.00 bits per heavy atom. The Morgan fingerprint density at radius 2 is 1.65 bits per heavy atom. The molecule has 0 amide bonds. The Kier molecular flexibility index (Phi) is 9.12. The van der Waals surface area contributed by atoms with Gasteiger partial charge in [-0.2, -0.15) is 0 Å². The molecule has 136 valence electrons. The van der Waals surface area contributed by atoms with Crippen molar-refractivity contribution in [2.75, 3.05) is 13.6 Å². The highest BCUT2D eigenvalue weighted by atomic mass is 16.5. The van der Waals surface area contributed by atoms with Crippen molar-refractivity contribution in [2.24, 2.45) is 22.7 Å². The van der Waals surface area contributed by atoms with Crippen LogP contribution in [0, 0.1) is 22.7 Å². The van der Waals surface area contributed by atoms with E-state index in [9.17, 15) is 4.79 Å². The lowest BCUT2D eigenvalue weighted by Gasteiger charge is -2.39. The quantitative estimate of drug-likeness (QED) is 0.469. The molecule has 0 aromatic carbocycles. The standard InChI is InChI=1S/C20H39NO2/c1-10-16(11-2)12-13-17(15(3)4)23-18(22)20(8,14-21-9)19(5,6)7/h13,15-16,21H,10-12,14H2,1-9H3/b17-13-. The number of hydrogen-bond donors (Lipinski definition) is 1. The van der Waals surface area contributed by atoms with E-state index >= 15 is 0 Å². The summed E-state index contributed by atoms with van der Waals surface area (Å²) in [6.07, 6.45) is 5.42. The van der Waals surface area contributed by atoms with E-state index in [2.05, 4.69) is 59.9 Å². The third kappa shape index (κ3) is 6.29. The van der Waals surface area contributed by atoms with E-state index in [1.165, 1.54) is 0 Å². The summed E-state index contributed by atoms with van der Waals surface area (Å²) in [7, 11) is 1.88. The van der Waals surface area contributed by atoms with Gasteiger partial charge >= 0.3 is 5.97 Å². The number of esters is 1. The first-order valence-electron chi connectivity index (χ1n) is 9.10. The molecule has 1 unspecified atom stereocenters. The highest BCUT2D eigenvalue weighted by Gasteiger charge is 2.45. The van der Waals surface area contributed by atoms with Crippen LogP contribution in [0.2, 0.25) is 0 Å². The van der Waals surface area contributed by atoms with Crippen molar-refractivity contribution in [3.63, 3.8) is 0 Å². The molecule has 0 fully saturated rings. The van der Waals surface area contributed by atoms with E-state index in [0.717, 1.165) is 25.0 Å². The van der Waals surface area contributed by atoms with E-state index in [-0.39, 0.29) is 17.3 Å². The lowest BCUT2D eigenvalue weighted by Crippen LogP contribution is -2.48. The normalized spacial score (nSPS) is 15.9. The molecule has 0 saturated heterocycles. The summed E-state index contributed by atoms with van der Waals surface area (Å²) in [5.41, 5.74) is -0.741. The summed E-state index contributed by atoms with van der Waals surface area (Å²) < 4.78 is 5.88. The molecule has 0 radical (unpaired) electrons. The van der Waals surface area contributed by atoms with Crippen LogP contribution in [0.4, 0.5) is 0 Å². The molecule has 1 N–H and O–H groups in total. The molecule has 0 aromatic rings. The molecule has 0 rings (SSSR count). The lowest BCUT2D eigenvalue weighted by atomic mass is 9.67. The fourth-order valence-electron chi connectivity index (χ4n) is 2.52. The summed E-state index contributed by atoms with van der Waals surface area (Å²) in [5, 5.41) is 3.15. The lowest BCUT2D eigenvalue weighted by molar-refractivity contribution is -0.157. The van der Waals surface area contributed by atoms with Crippen molar-refractivity contribution in [1.29, 1.82) is 0 Å². The number of ether oxygens (including phenoxy) is 1. The Balaban J connectivity index is 5.27. The van der Waals surface area contributed by atoms with Crippen LogP contribution in [0.15, 0.2) is 11.8 Å². The topological polar surface area (TPSA) is 38.3 Å². The van der Waals surface area contributed by atoms with Gasteiger partial charge in [0, 0.05) is 12.5 Å².